The second kappa shape index (κ2) is 7.17. The molecule has 1 saturated heterocycles. The van der Waals surface area contributed by atoms with Crippen LogP contribution in [-0.2, 0) is 4.74 Å². The van der Waals surface area contributed by atoms with E-state index >= 15 is 0 Å². The number of aromatic amines is 1. The third-order valence-electron chi connectivity index (χ3n) is 4.12. The van der Waals surface area contributed by atoms with Gasteiger partial charge >= 0.3 is 6.09 Å². The number of rotatable bonds is 3. The number of ether oxygens (including phenoxy) is 1. The van der Waals surface area contributed by atoms with Crippen molar-refractivity contribution in [2.45, 2.75) is 45.3 Å². The molecule has 134 valence electrons. The second-order valence-electron chi connectivity index (χ2n) is 7.46. The Morgan fingerprint density at radius 2 is 2.20 bits per heavy atom. The van der Waals surface area contributed by atoms with E-state index in [1.807, 2.05) is 45.0 Å². The van der Waals surface area contributed by atoms with Crippen molar-refractivity contribution >= 4 is 11.8 Å². The number of amides is 1. The Hall–Kier alpha value is -2.50. The lowest BCUT2D eigenvalue weighted by Gasteiger charge is -2.34. The third kappa shape index (κ3) is 4.75. The molecule has 2 N–H and O–H groups in total. The van der Waals surface area contributed by atoms with E-state index in [9.17, 15) is 4.79 Å². The van der Waals surface area contributed by atoms with Gasteiger partial charge in [0.15, 0.2) is 0 Å². The number of hydrogen-bond donors (Lipinski definition) is 2. The molecule has 0 bridgehead atoms. The topological polar surface area (TPSA) is 70.2 Å². The summed E-state index contributed by atoms with van der Waals surface area (Å²) in [6.07, 6.45) is 3.52. The molecule has 0 spiro atoms. The minimum absolute atomic E-state index is 0.221. The largest absolute Gasteiger partial charge is 0.444 e. The standard InChI is InChI=1S/C19H26N4O2/c1-19(2,3)25-18(24)23-11-5-8-16(13-23)21-15-7-4-6-14(12-15)17-9-10-20-22-17/h4,6-7,9-10,12,16,21H,5,8,11,13H2,1-3H3,(H,20,22). The zero-order chi connectivity index (χ0) is 17.9. The number of nitrogens with zero attached hydrogens (tertiary/aromatic N) is 2. The van der Waals surface area contributed by atoms with Gasteiger partial charge in [-0.15, -0.1) is 0 Å². The Morgan fingerprint density at radius 1 is 1.36 bits per heavy atom. The van der Waals surface area contributed by atoms with Gasteiger partial charge in [-0.3, -0.25) is 5.10 Å². The van der Waals surface area contributed by atoms with E-state index in [1.54, 1.807) is 11.1 Å². The smallest absolute Gasteiger partial charge is 0.410 e. The van der Waals surface area contributed by atoms with Crippen LogP contribution in [-0.4, -0.2) is 45.9 Å². The van der Waals surface area contributed by atoms with E-state index in [1.165, 1.54) is 0 Å². The van der Waals surface area contributed by atoms with Crippen LogP contribution in [0, 0.1) is 0 Å². The summed E-state index contributed by atoms with van der Waals surface area (Å²) in [7, 11) is 0. The van der Waals surface area contributed by atoms with Crippen LogP contribution in [0.1, 0.15) is 33.6 Å². The number of hydrogen-bond acceptors (Lipinski definition) is 4. The maximum atomic E-state index is 12.3. The fourth-order valence-corrected chi connectivity index (χ4v) is 3.02. The summed E-state index contributed by atoms with van der Waals surface area (Å²) in [6, 6.07) is 10.4. The summed E-state index contributed by atoms with van der Waals surface area (Å²) >= 11 is 0. The van der Waals surface area contributed by atoms with Crippen molar-refractivity contribution in [1.29, 1.82) is 0 Å². The number of piperidine rings is 1. The number of likely N-dealkylation sites (tertiary alicyclic amines) is 1. The van der Waals surface area contributed by atoms with E-state index < -0.39 is 5.60 Å². The van der Waals surface area contributed by atoms with Crippen LogP contribution in [0.4, 0.5) is 10.5 Å². The summed E-state index contributed by atoms with van der Waals surface area (Å²) in [5, 5.41) is 10.5. The molecule has 1 aromatic heterocycles. The zero-order valence-electron chi connectivity index (χ0n) is 15.1. The van der Waals surface area contributed by atoms with Crippen molar-refractivity contribution in [2.75, 3.05) is 18.4 Å². The predicted molar refractivity (Wildman–Crippen MR) is 98.5 cm³/mol. The van der Waals surface area contributed by atoms with Gasteiger partial charge < -0.3 is 15.0 Å². The SMILES string of the molecule is CC(C)(C)OC(=O)N1CCCC(Nc2cccc(-c3ccn[nH]3)c2)C1. The molecule has 2 aromatic rings. The molecule has 1 unspecified atom stereocenters. The molecule has 1 atom stereocenters. The van der Waals surface area contributed by atoms with Crippen LogP contribution in [0.25, 0.3) is 11.3 Å². The third-order valence-corrected chi connectivity index (χ3v) is 4.12. The average Bonchev–Trinajstić information content (AvgIpc) is 3.08. The Kier molecular flexibility index (Phi) is 4.97. The van der Waals surface area contributed by atoms with Crippen LogP contribution in [0.2, 0.25) is 0 Å². The molecule has 1 fully saturated rings. The highest BCUT2D eigenvalue weighted by molar-refractivity contribution is 5.68. The van der Waals surface area contributed by atoms with Crippen molar-refractivity contribution in [2.24, 2.45) is 0 Å². The Morgan fingerprint density at radius 3 is 2.92 bits per heavy atom. The zero-order valence-corrected chi connectivity index (χ0v) is 15.1. The van der Waals surface area contributed by atoms with Crippen molar-refractivity contribution in [1.82, 2.24) is 15.1 Å². The predicted octanol–water partition coefficient (Wildman–Crippen LogP) is 3.89. The number of carbonyl (C=O) groups is 1. The van der Waals surface area contributed by atoms with E-state index in [0.717, 1.165) is 36.3 Å². The number of nitrogens with one attached hydrogen (secondary N) is 2. The highest BCUT2D eigenvalue weighted by Gasteiger charge is 2.27. The highest BCUT2D eigenvalue weighted by atomic mass is 16.6. The molecule has 0 radical (unpaired) electrons. The lowest BCUT2D eigenvalue weighted by atomic mass is 10.0. The number of anilines is 1. The minimum atomic E-state index is -0.462. The van der Waals surface area contributed by atoms with Crippen LogP contribution < -0.4 is 5.32 Å². The van der Waals surface area contributed by atoms with E-state index in [4.69, 9.17) is 4.74 Å². The normalized spacial score (nSPS) is 18.0. The Balaban J connectivity index is 1.63. The molecule has 2 heterocycles. The molecule has 25 heavy (non-hydrogen) atoms. The first-order chi connectivity index (χ1) is 11.9. The Labute approximate surface area is 148 Å². The Bertz CT molecular complexity index is 706. The van der Waals surface area contributed by atoms with Crippen LogP contribution in [0.3, 0.4) is 0 Å². The first-order valence-corrected chi connectivity index (χ1v) is 8.75. The van der Waals surface area contributed by atoms with Gasteiger partial charge in [0.2, 0.25) is 0 Å². The van der Waals surface area contributed by atoms with Gasteiger partial charge in [0, 0.05) is 36.6 Å². The van der Waals surface area contributed by atoms with Gasteiger partial charge in [-0.05, 0) is 51.8 Å². The molecule has 1 aliphatic rings. The molecule has 3 rings (SSSR count). The van der Waals surface area contributed by atoms with Gasteiger partial charge in [-0.2, -0.15) is 5.10 Å². The van der Waals surface area contributed by atoms with Crippen LogP contribution in [0.15, 0.2) is 36.5 Å². The van der Waals surface area contributed by atoms with E-state index in [-0.39, 0.29) is 12.1 Å². The van der Waals surface area contributed by atoms with Gasteiger partial charge in [0.25, 0.3) is 0 Å². The average molecular weight is 342 g/mol. The maximum Gasteiger partial charge on any atom is 0.410 e. The number of aromatic nitrogens is 2. The highest BCUT2D eigenvalue weighted by Crippen LogP contribution is 2.23. The first kappa shape index (κ1) is 17.3. The van der Waals surface area contributed by atoms with Gasteiger partial charge in [-0.25, -0.2) is 4.79 Å². The van der Waals surface area contributed by atoms with Crippen LogP contribution in [0.5, 0.6) is 0 Å². The molecule has 6 nitrogen and oxygen atoms in total. The quantitative estimate of drug-likeness (QED) is 0.888. The molecule has 1 amide bonds. The molecule has 0 aliphatic carbocycles. The van der Waals surface area contributed by atoms with E-state index in [2.05, 4.69) is 21.6 Å². The first-order valence-electron chi connectivity index (χ1n) is 8.75. The van der Waals surface area contributed by atoms with Crippen LogP contribution >= 0.6 is 0 Å². The monoisotopic (exact) mass is 342 g/mol. The fraction of sp³-hybridized carbons (Fsp3) is 0.474. The van der Waals surface area contributed by atoms with Crippen molar-refractivity contribution < 1.29 is 9.53 Å². The number of benzene rings is 1. The second-order valence-corrected chi connectivity index (χ2v) is 7.46. The maximum absolute atomic E-state index is 12.3. The van der Waals surface area contributed by atoms with Gasteiger partial charge in [-0.1, -0.05) is 12.1 Å². The lowest BCUT2D eigenvalue weighted by Crippen LogP contribution is -2.46. The van der Waals surface area contributed by atoms with E-state index in [0.29, 0.717) is 6.54 Å². The summed E-state index contributed by atoms with van der Waals surface area (Å²) in [5.74, 6) is 0. The summed E-state index contributed by atoms with van der Waals surface area (Å²) < 4.78 is 5.49. The molecule has 0 saturated carbocycles. The van der Waals surface area contributed by atoms with Gasteiger partial charge in [0.1, 0.15) is 5.60 Å². The summed E-state index contributed by atoms with van der Waals surface area (Å²) in [4.78, 5) is 14.1. The number of H-pyrrole nitrogens is 1. The fourth-order valence-electron chi connectivity index (χ4n) is 3.02. The summed E-state index contributed by atoms with van der Waals surface area (Å²) in [5.41, 5.74) is 2.66. The molecule has 1 aromatic carbocycles. The molecular weight excluding hydrogens is 316 g/mol. The van der Waals surface area contributed by atoms with Crippen molar-refractivity contribution in [3.8, 4) is 11.3 Å². The number of carbonyl (C=O) groups excluding carboxylic acids is 1. The summed E-state index contributed by atoms with van der Waals surface area (Å²) in [6.45, 7) is 7.09. The molecule has 1 aliphatic heterocycles. The minimum Gasteiger partial charge on any atom is -0.444 e. The van der Waals surface area contributed by atoms with Crippen molar-refractivity contribution in [3.05, 3.63) is 36.5 Å². The lowest BCUT2D eigenvalue weighted by molar-refractivity contribution is 0.0206. The van der Waals surface area contributed by atoms with Crippen molar-refractivity contribution in [3.63, 3.8) is 0 Å². The molecular formula is C19H26N4O2. The van der Waals surface area contributed by atoms with Gasteiger partial charge in [0.05, 0.1) is 5.69 Å². The molecule has 6 heteroatoms.